The highest BCUT2D eigenvalue weighted by molar-refractivity contribution is 5.56. The minimum absolute atomic E-state index is 0.00799. The molecule has 5 rings (SSSR count). The maximum atomic E-state index is 10.5. The summed E-state index contributed by atoms with van der Waals surface area (Å²) in [5.74, 6) is 0.776. The number of carboxylic acid groups (broad SMARTS) is 1. The zero-order valence-electron chi connectivity index (χ0n) is 15.8. The fourth-order valence-corrected chi connectivity index (χ4v) is 5.75. The van der Waals surface area contributed by atoms with Crippen LogP contribution < -0.4 is 0 Å². The van der Waals surface area contributed by atoms with Gasteiger partial charge in [-0.1, -0.05) is 13.8 Å². The van der Waals surface area contributed by atoms with E-state index in [9.17, 15) is 4.79 Å². The van der Waals surface area contributed by atoms with Crippen molar-refractivity contribution in [3.8, 4) is 0 Å². The van der Waals surface area contributed by atoms with E-state index in [2.05, 4.69) is 18.6 Å². The van der Waals surface area contributed by atoms with Crippen molar-refractivity contribution in [3.63, 3.8) is 0 Å². The van der Waals surface area contributed by atoms with Crippen LogP contribution in [0.15, 0.2) is 0 Å². The van der Waals surface area contributed by atoms with Crippen molar-refractivity contribution in [2.24, 2.45) is 23.7 Å². The molecule has 5 fully saturated rings. The van der Waals surface area contributed by atoms with Crippen LogP contribution >= 0.6 is 0 Å². The molecule has 2 unspecified atom stereocenters. The van der Waals surface area contributed by atoms with Crippen LogP contribution in [0.2, 0.25) is 0 Å². The molecule has 0 amide bonds. The number of ether oxygens (including phenoxy) is 3. The summed E-state index contributed by atoms with van der Waals surface area (Å²) in [6.45, 7) is 6.64. The number of fused-ring (bicyclic) bond motifs is 2. The van der Waals surface area contributed by atoms with Crippen molar-refractivity contribution in [3.05, 3.63) is 0 Å². The third kappa shape index (κ3) is 2.84. The van der Waals surface area contributed by atoms with Gasteiger partial charge in [0.1, 0.15) is 0 Å². The molecule has 148 valence electrons. The molecule has 0 aromatic rings. The van der Waals surface area contributed by atoms with Gasteiger partial charge in [-0.05, 0) is 56.8 Å². The second kappa shape index (κ2) is 6.62. The molecule has 1 N–H and O–H groups in total. The van der Waals surface area contributed by atoms with E-state index in [1.54, 1.807) is 0 Å². The van der Waals surface area contributed by atoms with E-state index in [-0.39, 0.29) is 12.7 Å². The highest BCUT2D eigenvalue weighted by Gasteiger charge is 2.69. The smallest absolute Gasteiger partial charge is 0.450 e. The second-order valence-electron chi connectivity index (χ2n) is 8.70. The van der Waals surface area contributed by atoms with Crippen LogP contribution in [0.25, 0.3) is 0 Å². The predicted octanol–water partition coefficient (Wildman–Crippen LogP) is 3.71. The van der Waals surface area contributed by atoms with E-state index in [4.69, 9.17) is 24.4 Å². The van der Waals surface area contributed by atoms with Crippen LogP contribution in [0, 0.1) is 23.7 Å². The lowest BCUT2D eigenvalue weighted by Crippen LogP contribution is -2.70. The Hall–Kier alpha value is -0.890. The lowest BCUT2D eigenvalue weighted by Gasteiger charge is -2.60. The molecule has 4 aliphatic heterocycles. The predicted molar refractivity (Wildman–Crippen MR) is 90.0 cm³/mol. The van der Waals surface area contributed by atoms with Crippen molar-refractivity contribution in [1.29, 1.82) is 0 Å². The van der Waals surface area contributed by atoms with Gasteiger partial charge < -0.3 is 19.3 Å². The maximum Gasteiger partial charge on any atom is 0.505 e. The normalized spacial score (nSPS) is 50.0. The highest BCUT2D eigenvalue weighted by atomic mass is 17.3. The van der Waals surface area contributed by atoms with Crippen molar-refractivity contribution >= 4 is 6.16 Å². The minimum Gasteiger partial charge on any atom is -0.450 e. The molecule has 0 aromatic carbocycles. The Balaban J connectivity index is 1.55. The molecule has 8 atom stereocenters. The maximum absolute atomic E-state index is 10.5. The van der Waals surface area contributed by atoms with Crippen LogP contribution in [0.4, 0.5) is 4.79 Å². The fraction of sp³-hybridized carbons (Fsp3) is 0.947. The molecule has 1 aliphatic carbocycles. The van der Waals surface area contributed by atoms with Crippen LogP contribution in [0.3, 0.4) is 0 Å². The first-order chi connectivity index (χ1) is 12.4. The highest BCUT2D eigenvalue weighted by Crippen LogP contribution is 2.60. The first kappa shape index (κ1) is 18.5. The van der Waals surface area contributed by atoms with Crippen molar-refractivity contribution in [2.75, 3.05) is 6.61 Å². The minimum atomic E-state index is -1.23. The molecule has 26 heavy (non-hydrogen) atoms. The van der Waals surface area contributed by atoms with Crippen LogP contribution in [0.1, 0.15) is 59.3 Å². The van der Waals surface area contributed by atoms with Crippen LogP contribution in [-0.2, 0) is 24.0 Å². The van der Waals surface area contributed by atoms with E-state index in [0.29, 0.717) is 30.1 Å². The molecular formula is C19H30O7. The number of carbonyl (C=O) groups is 1. The molecule has 0 aromatic heterocycles. The Morgan fingerprint density at radius 1 is 1.19 bits per heavy atom. The Bertz CT molecular complexity index is 554. The summed E-state index contributed by atoms with van der Waals surface area (Å²) in [5, 5.41) is 8.62. The largest absolute Gasteiger partial charge is 0.505 e. The monoisotopic (exact) mass is 370 g/mol. The second-order valence-corrected chi connectivity index (χ2v) is 8.70. The van der Waals surface area contributed by atoms with E-state index in [1.807, 2.05) is 6.92 Å². The lowest BCUT2D eigenvalue weighted by atomic mass is 9.57. The fourth-order valence-electron chi connectivity index (χ4n) is 5.75. The van der Waals surface area contributed by atoms with Crippen LogP contribution in [0.5, 0.6) is 0 Å². The SMILES string of the molecule is CC1C(CCCOC(=O)O)O[C@H]2O[C@@]3(C)CC[C@@H]4[C@@H](C)CC[C@H]1[C@@]24OO3. The van der Waals surface area contributed by atoms with Gasteiger partial charge in [0.15, 0.2) is 11.9 Å². The van der Waals surface area contributed by atoms with E-state index < -0.39 is 23.8 Å². The molecule has 0 radical (unpaired) electrons. The Kier molecular flexibility index (Phi) is 4.70. The zero-order chi connectivity index (χ0) is 18.5. The lowest BCUT2D eigenvalue weighted by molar-refractivity contribution is -0.571. The number of rotatable bonds is 4. The van der Waals surface area contributed by atoms with Crippen molar-refractivity contribution in [2.45, 2.75) is 83.1 Å². The summed E-state index contributed by atoms with van der Waals surface area (Å²) in [6.07, 6.45) is 3.83. The van der Waals surface area contributed by atoms with E-state index >= 15 is 0 Å². The summed E-state index contributed by atoms with van der Waals surface area (Å²) in [6, 6.07) is 0. The summed E-state index contributed by atoms with van der Waals surface area (Å²) >= 11 is 0. The summed E-state index contributed by atoms with van der Waals surface area (Å²) in [7, 11) is 0. The molecule has 7 nitrogen and oxygen atoms in total. The van der Waals surface area contributed by atoms with Gasteiger partial charge >= 0.3 is 6.16 Å². The molecule has 2 bridgehead atoms. The zero-order valence-corrected chi connectivity index (χ0v) is 15.8. The average Bonchev–Trinajstić information content (AvgIpc) is 2.82. The van der Waals surface area contributed by atoms with Crippen molar-refractivity contribution in [1.82, 2.24) is 0 Å². The average molecular weight is 370 g/mol. The van der Waals surface area contributed by atoms with Crippen molar-refractivity contribution < 1.29 is 33.9 Å². The number of hydrogen-bond donors (Lipinski definition) is 1. The molecule has 4 heterocycles. The van der Waals surface area contributed by atoms with Crippen LogP contribution in [-0.4, -0.2) is 41.7 Å². The Morgan fingerprint density at radius 3 is 2.77 bits per heavy atom. The first-order valence-electron chi connectivity index (χ1n) is 9.91. The summed E-state index contributed by atoms with van der Waals surface area (Å²) in [4.78, 5) is 22.4. The molecule has 1 saturated carbocycles. The van der Waals surface area contributed by atoms with Gasteiger partial charge in [0.25, 0.3) is 0 Å². The Labute approximate surface area is 154 Å². The topological polar surface area (TPSA) is 83.5 Å². The van der Waals surface area contributed by atoms with Gasteiger partial charge in [-0.25, -0.2) is 14.6 Å². The van der Waals surface area contributed by atoms with Gasteiger partial charge in [-0.15, -0.1) is 0 Å². The van der Waals surface area contributed by atoms with Gasteiger partial charge in [0.2, 0.25) is 5.79 Å². The van der Waals surface area contributed by atoms with E-state index in [1.165, 1.54) is 6.42 Å². The quantitative estimate of drug-likeness (QED) is 0.459. The first-order valence-corrected chi connectivity index (χ1v) is 9.91. The van der Waals surface area contributed by atoms with Gasteiger partial charge in [-0.3, -0.25) is 0 Å². The molecule has 7 heteroatoms. The molecule has 5 aliphatic rings. The molecular weight excluding hydrogens is 340 g/mol. The molecule has 4 saturated heterocycles. The summed E-state index contributed by atoms with van der Waals surface area (Å²) < 4.78 is 17.4. The molecule has 1 spiro atoms. The summed E-state index contributed by atoms with van der Waals surface area (Å²) in [5.41, 5.74) is -0.527. The third-order valence-electron chi connectivity index (χ3n) is 7.15. The third-order valence-corrected chi connectivity index (χ3v) is 7.15. The number of hydrogen-bond acceptors (Lipinski definition) is 6. The Morgan fingerprint density at radius 2 is 2.00 bits per heavy atom. The van der Waals surface area contributed by atoms with E-state index in [0.717, 1.165) is 25.7 Å². The van der Waals surface area contributed by atoms with Gasteiger partial charge in [-0.2, -0.15) is 0 Å². The van der Waals surface area contributed by atoms with Gasteiger partial charge in [0, 0.05) is 12.3 Å². The van der Waals surface area contributed by atoms with Gasteiger partial charge in [0.05, 0.1) is 12.7 Å². The standard InChI is InChI=1S/C19H30O7/c1-11-6-7-14-12(2)15(5-4-10-22-17(20)21)23-16-19(14)13(11)8-9-18(3,24-16)25-26-19/h11-16H,4-10H2,1-3H3,(H,20,21)/t11-,12?,13+,14+,15?,16-,18+,19+/m0/s1.